The van der Waals surface area contributed by atoms with Crippen molar-refractivity contribution in [1.29, 1.82) is 0 Å². The summed E-state index contributed by atoms with van der Waals surface area (Å²) < 4.78 is 32.1. The van der Waals surface area contributed by atoms with Crippen LogP contribution in [0, 0.1) is 9.39 Å². The Morgan fingerprint density at radius 3 is 2.49 bits per heavy atom. The molecule has 39 heavy (non-hydrogen) atoms. The van der Waals surface area contributed by atoms with Crippen LogP contribution in [-0.4, -0.2) is 26.3 Å². The van der Waals surface area contributed by atoms with Gasteiger partial charge < -0.3 is 10.6 Å². The summed E-state index contributed by atoms with van der Waals surface area (Å²) in [4.78, 5) is 53.1. The second kappa shape index (κ2) is 10.4. The molecule has 0 atom stereocenters. The highest BCUT2D eigenvalue weighted by atomic mass is 127. The van der Waals surface area contributed by atoms with E-state index in [1.54, 1.807) is 25.1 Å². The smallest absolute Gasteiger partial charge is 0.336 e. The lowest BCUT2D eigenvalue weighted by atomic mass is 10.1. The van der Waals surface area contributed by atoms with E-state index < -0.39 is 35.2 Å². The second-order valence-electron chi connectivity index (χ2n) is 9.27. The van der Waals surface area contributed by atoms with Gasteiger partial charge in [-0.05, 0) is 78.3 Å². The topological polar surface area (TPSA) is 107 Å². The van der Waals surface area contributed by atoms with Crippen LogP contribution in [0.15, 0.2) is 56.8 Å². The van der Waals surface area contributed by atoms with Gasteiger partial charge in [0.2, 0.25) is 0 Å². The Balaban J connectivity index is 1.90. The van der Waals surface area contributed by atoms with Crippen molar-refractivity contribution >= 4 is 56.6 Å². The van der Waals surface area contributed by atoms with Crippen molar-refractivity contribution in [2.45, 2.75) is 32.2 Å². The summed E-state index contributed by atoms with van der Waals surface area (Å²) in [5, 5.41) is 5.40. The molecule has 1 saturated carbocycles. The molecule has 1 aliphatic carbocycles. The lowest BCUT2D eigenvalue weighted by Gasteiger charge is -2.21. The first-order valence-corrected chi connectivity index (χ1v) is 13.4. The van der Waals surface area contributed by atoms with E-state index >= 15 is 0 Å². The Hall–Kier alpha value is -3.81. The standard InChI is InChI=1S/C27H24F2IN5O4/c1-3-18-23-22(24(33(2)25(18)37)32-20-10-7-14(30)11-19(20)29)26(38)35(16-8-9-16)27(39)34(23)17-6-4-5-15(12-17)31-21(36)13-28/h4-7,10-12,16,32H,3,8-9,13H2,1-2H3,(H,31,36). The normalized spacial score (nSPS) is 13.1. The van der Waals surface area contributed by atoms with Gasteiger partial charge in [0.15, 0.2) is 6.67 Å². The molecule has 9 nitrogen and oxygen atoms in total. The van der Waals surface area contributed by atoms with Crippen LogP contribution in [-0.2, 0) is 18.3 Å². The van der Waals surface area contributed by atoms with Crippen molar-refractivity contribution in [3.05, 3.63) is 88.6 Å². The van der Waals surface area contributed by atoms with Crippen LogP contribution in [0.25, 0.3) is 16.6 Å². The summed E-state index contributed by atoms with van der Waals surface area (Å²) in [5.41, 5.74) is -0.816. The number of hydrogen-bond donors (Lipinski definition) is 2. The van der Waals surface area contributed by atoms with E-state index in [-0.39, 0.29) is 51.8 Å². The zero-order valence-corrected chi connectivity index (χ0v) is 23.2. The molecule has 12 heteroatoms. The first-order chi connectivity index (χ1) is 18.7. The van der Waals surface area contributed by atoms with Crippen molar-refractivity contribution in [2.24, 2.45) is 7.05 Å². The predicted octanol–water partition coefficient (Wildman–Crippen LogP) is 4.14. The number of halogens is 3. The minimum Gasteiger partial charge on any atom is -0.338 e. The lowest BCUT2D eigenvalue weighted by Crippen LogP contribution is -2.41. The van der Waals surface area contributed by atoms with Gasteiger partial charge in [-0.15, -0.1) is 0 Å². The van der Waals surface area contributed by atoms with Gasteiger partial charge in [-0.1, -0.05) is 13.0 Å². The number of rotatable bonds is 7. The Bertz CT molecular complexity index is 1820. The molecular formula is C27H24F2IN5O4. The third-order valence-electron chi connectivity index (χ3n) is 6.67. The van der Waals surface area contributed by atoms with Crippen LogP contribution in [0.5, 0.6) is 0 Å². The van der Waals surface area contributed by atoms with Crippen molar-refractivity contribution < 1.29 is 13.6 Å². The first-order valence-electron chi connectivity index (χ1n) is 12.3. The Morgan fingerprint density at radius 1 is 1.10 bits per heavy atom. The zero-order chi connectivity index (χ0) is 28.0. The number of carbonyl (C=O) groups is 1. The lowest BCUT2D eigenvalue weighted by molar-refractivity contribution is -0.117. The number of anilines is 3. The van der Waals surface area contributed by atoms with Gasteiger partial charge in [-0.25, -0.2) is 13.6 Å². The monoisotopic (exact) mass is 647 g/mol. The number of nitrogens with one attached hydrogen (secondary N) is 2. The average molecular weight is 647 g/mol. The van der Waals surface area contributed by atoms with Crippen LogP contribution in [0.1, 0.15) is 31.4 Å². The van der Waals surface area contributed by atoms with E-state index in [1.807, 2.05) is 22.6 Å². The Kier molecular flexibility index (Phi) is 7.14. The number of carbonyl (C=O) groups excluding carboxylic acids is 1. The van der Waals surface area contributed by atoms with Gasteiger partial charge in [0.1, 0.15) is 17.0 Å². The first kappa shape index (κ1) is 26.8. The van der Waals surface area contributed by atoms with E-state index in [0.717, 1.165) is 4.57 Å². The van der Waals surface area contributed by atoms with Crippen molar-refractivity contribution in [3.8, 4) is 5.69 Å². The van der Waals surface area contributed by atoms with E-state index in [2.05, 4.69) is 10.6 Å². The second-order valence-corrected chi connectivity index (χ2v) is 10.5. The number of alkyl halides is 1. The molecule has 4 aromatic rings. The largest absolute Gasteiger partial charge is 0.338 e. The maximum atomic E-state index is 14.9. The van der Waals surface area contributed by atoms with E-state index in [1.165, 1.54) is 40.4 Å². The van der Waals surface area contributed by atoms with E-state index in [4.69, 9.17) is 0 Å². The van der Waals surface area contributed by atoms with Crippen molar-refractivity contribution in [3.63, 3.8) is 0 Å². The van der Waals surface area contributed by atoms with Gasteiger partial charge in [-0.3, -0.25) is 28.1 Å². The molecular weight excluding hydrogens is 623 g/mol. The van der Waals surface area contributed by atoms with Crippen molar-refractivity contribution in [1.82, 2.24) is 13.7 Å². The molecule has 0 spiro atoms. The molecule has 2 aromatic carbocycles. The number of pyridine rings is 1. The number of aromatic nitrogens is 3. The fourth-order valence-corrected chi connectivity index (χ4v) is 5.14. The number of nitrogens with zero attached hydrogens (tertiary/aromatic N) is 3. The summed E-state index contributed by atoms with van der Waals surface area (Å²) >= 11 is 1.98. The molecule has 0 unspecified atom stereocenters. The minimum absolute atomic E-state index is 0.0438. The SMILES string of the molecule is CCc1c(=O)n(C)c(Nc2ccc(I)cc2F)c2c(=O)n(C3CC3)c(=O)n(-c3cccc(NC(=O)CF)c3)c12. The summed E-state index contributed by atoms with van der Waals surface area (Å²) in [6.45, 7) is 0.515. The van der Waals surface area contributed by atoms with Gasteiger partial charge in [0.25, 0.3) is 17.0 Å². The van der Waals surface area contributed by atoms with E-state index in [9.17, 15) is 28.0 Å². The van der Waals surface area contributed by atoms with Gasteiger partial charge in [-0.2, -0.15) is 0 Å². The molecule has 0 saturated heterocycles. The molecule has 2 heterocycles. The number of hydrogen-bond acceptors (Lipinski definition) is 5. The van der Waals surface area contributed by atoms with Crippen molar-refractivity contribution in [2.75, 3.05) is 17.3 Å². The maximum Gasteiger partial charge on any atom is 0.336 e. The predicted molar refractivity (Wildman–Crippen MR) is 154 cm³/mol. The highest BCUT2D eigenvalue weighted by Gasteiger charge is 2.32. The molecule has 1 aliphatic rings. The fraction of sp³-hybridized carbons (Fsp3) is 0.259. The van der Waals surface area contributed by atoms with Crippen LogP contribution in [0.3, 0.4) is 0 Å². The number of fused-ring (bicyclic) bond motifs is 1. The highest BCUT2D eigenvalue weighted by molar-refractivity contribution is 14.1. The maximum absolute atomic E-state index is 14.9. The van der Waals surface area contributed by atoms with Gasteiger partial charge in [0.05, 0.1) is 16.9 Å². The molecule has 1 amide bonds. The quantitative estimate of drug-likeness (QED) is 0.294. The molecule has 0 bridgehead atoms. The molecule has 0 radical (unpaired) electrons. The van der Waals surface area contributed by atoms with Crippen LogP contribution in [0.2, 0.25) is 0 Å². The summed E-state index contributed by atoms with van der Waals surface area (Å²) in [7, 11) is 1.48. The Morgan fingerprint density at radius 2 is 1.85 bits per heavy atom. The molecule has 0 aliphatic heterocycles. The fourth-order valence-electron chi connectivity index (χ4n) is 4.69. The number of aryl methyl sites for hydroxylation is 1. The molecule has 1 fully saturated rings. The Labute approximate surface area is 234 Å². The summed E-state index contributed by atoms with van der Waals surface area (Å²) in [5.74, 6) is -1.39. The molecule has 5 rings (SSSR count). The molecule has 2 N–H and O–H groups in total. The third-order valence-corrected chi connectivity index (χ3v) is 7.34. The number of benzene rings is 2. The van der Waals surface area contributed by atoms with Gasteiger partial charge in [0, 0.05) is 27.9 Å². The summed E-state index contributed by atoms with van der Waals surface area (Å²) in [6, 6.07) is 10.4. The minimum atomic E-state index is -1.22. The van der Waals surface area contributed by atoms with E-state index in [0.29, 0.717) is 16.4 Å². The molecule has 2 aromatic heterocycles. The van der Waals surface area contributed by atoms with Gasteiger partial charge >= 0.3 is 5.69 Å². The van der Waals surface area contributed by atoms with Crippen LogP contribution >= 0.6 is 22.6 Å². The third kappa shape index (κ3) is 4.77. The highest BCUT2D eigenvalue weighted by Crippen LogP contribution is 2.34. The average Bonchev–Trinajstić information content (AvgIpc) is 3.74. The van der Waals surface area contributed by atoms with Crippen LogP contribution in [0.4, 0.5) is 26.0 Å². The summed E-state index contributed by atoms with van der Waals surface area (Å²) in [6.07, 6.45) is 1.47. The number of amides is 1. The van der Waals surface area contributed by atoms with Crippen LogP contribution < -0.4 is 27.4 Å². The zero-order valence-electron chi connectivity index (χ0n) is 21.1. The molecule has 202 valence electrons.